The Morgan fingerprint density at radius 2 is 1.60 bits per heavy atom. The van der Waals surface area contributed by atoms with E-state index < -0.39 is 0 Å². The lowest BCUT2D eigenvalue weighted by molar-refractivity contribution is -0.115. The number of nitrogens with one attached hydrogen (secondary N) is 2. The van der Waals surface area contributed by atoms with Gasteiger partial charge in [0.2, 0.25) is 5.91 Å². The van der Waals surface area contributed by atoms with Gasteiger partial charge in [0.1, 0.15) is 0 Å². The zero-order valence-corrected chi connectivity index (χ0v) is 12.8. The second kappa shape index (κ2) is 6.78. The van der Waals surface area contributed by atoms with Crippen LogP contribution >= 0.6 is 0 Å². The van der Waals surface area contributed by atoms with Gasteiger partial charge in [0.05, 0.1) is 0 Å². The van der Waals surface area contributed by atoms with Crippen LogP contribution in [0.1, 0.15) is 46.5 Å². The lowest BCUT2D eigenvalue weighted by Gasteiger charge is -2.32. The zero-order valence-electron chi connectivity index (χ0n) is 12.8. The molecule has 0 aliphatic heterocycles. The van der Waals surface area contributed by atoms with Crippen molar-refractivity contribution in [1.29, 1.82) is 0 Å². The number of amides is 1. The van der Waals surface area contributed by atoms with Crippen LogP contribution in [-0.4, -0.2) is 11.9 Å². The Morgan fingerprint density at radius 1 is 1.05 bits per heavy atom. The van der Waals surface area contributed by atoms with Crippen LogP contribution < -0.4 is 10.6 Å². The lowest BCUT2D eigenvalue weighted by atomic mass is 9.80. The van der Waals surface area contributed by atoms with Gasteiger partial charge in [0.25, 0.3) is 0 Å². The Balaban J connectivity index is 1.91. The van der Waals surface area contributed by atoms with Crippen LogP contribution in [0.2, 0.25) is 0 Å². The predicted octanol–water partition coefficient (Wildman–Crippen LogP) is 4.27. The van der Waals surface area contributed by atoms with Gasteiger partial charge in [-0.3, -0.25) is 4.79 Å². The van der Waals surface area contributed by atoms with E-state index in [-0.39, 0.29) is 5.91 Å². The van der Waals surface area contributed by atoms with Crippen molar-refractivity contribution >= 4 is 17.3 Å². The first-order chi connectivity index (χ1) is 9.56. The maximum Gasteiger partial charge on any atom is 0.224 e. The summed E-state index contributed by atoms with van der Waals surface area (Å²) < 4.78 is 0. The van der Waals surface area contributed by atoms with E-state index in [0.717, 1.165) is 23.2 Å². The molecule has 0 aromatic heterocycles. The molecule has 0 heterocycles. The number of carbonyl (C=O) groups is 1. The fourth-order valence-electron chi connectivity index (χ4n) is 3.20. The summed E-state index contributed by atoms with van der Waals surface area (Å²) in [5.41, 5.74) is 2.01. The minimum atomic E-state index is 0.0561. The molecular formula is C17H26N2O. The Kier molecular flexibility index (Phi) is 5.05. The van der Waals surface area contributed by atoms with E-state index in [2.05, 4.69) is 36.6 Å². The van der Waals surface area contributed by atoms with Gasteiger partial charge < -0.3 is 10.6 Å². The number of carbonyl (C=O) groups excluding carboxylic acids is 1. The van der Waals surface area contributed by atoms with Gasteiger partial charge in [-0.15, -0.1) is 0 Å². The van der Waals surface area contributed by atoms with Crippen LogP contribution in [0.15, 0.2) is 24.3 Å². The van der Waals surface area contributed by atoms with E-state index in [1.807, 2.05) is 19.1 Å². The highest BCUT2D eigenvalue weighted by Crippen LogP contribution is 2.30. The second-order valence-electron chi connectivity index (χ2n) is 6.24. The molecular weight excluding hydrogens is 248 g/mol. The number of anilines is 2. The van der Waals surface area contributed by atoms with E-state index in [9.17, 15) is 4.79 Å². The van der Waals surface area contributed by atoms with Crippen molar-refractivity contribution in [3.8, 4) is 0 Å². The average molecular weight is 274 g/mol. The lowest BCUT2D eigenvalue weighted by Crippen LogP contribution is -2.30. The molecule has 0 bridgehead atoms. The molecule has 1 aromatic rings. The summed E-state index contributed by atoms with van der Waals surface area (Å²) in [5.74, 6) is 1.67. The molecule has 1 aliphatic carbocycles. The minimum absolute atomic E-state index is 0.0561. The van der Waals surface area contributed by atoms with Crippen molar-refractivity contribution in [1.82, 2.24) is 0 Å². The third-order valence-corrected chi connectivity index (χ3v) is 4.04. The highest BCUT2D eigenvalue weighted by molar-refractivity contribution is 5.90. The Morgan fingerprint density at radius 3 is 2.15 bits per heavy atom. The first kappa shape index (κ1) is 14.9. The third-order valence-electron chi connectivity index (χ3n) is 4.04. The van der Waals surface area contributed by atoms with Crippen molar-refractivity contribution in [2.45, 2.75) is 52.5 Å². The SMILES string of the molecule is CCC(=O)Nc1ccc(NC2CC(C)CC(C)C2)cc1. The van der Waals surface area contributed by atoms with Gasteiger partial charge in [-0.25, -0.2) is 0 Å². The molecule has 1 amide bonds. The molecule has 0 spiro atoms. The van der Waals surface area contributed by atoms with Crippen LogP contribution in [0, 0.1) is 11.8 Å². The summed E-state index contributed by atoms with van der Waals surface area (Å²) in [6, 6.07) is 8.60. The van der Waals surface area contributed by atoms with Gasteiger partial charge in [-0.05, 0) is 55.4 Å². The maximum atomic E-state index is 11.3. The Bertz CT molecular complexity index is 431. The summed E-state index contributed by atoms with van der Waals surface area (Å²) in [6.07, 6.45) is 4.36. The van der Waals surface area contributed by atoms with Crippen molar-refractivity contribution in [2.24, 2.45) is 11.8 Å². The summed E-state index contributed by atoms with van der Waals surface area (Å²) in [4.78, 5) is 11.3. The monoisotopic (exact) mass is 274 g/mol. The van der Waals surface area contributed by atoms with Crippen molar-refractivity contribution in [2.75, 3.05) is 10.6 Å². The normalized spacial score (nSPS) is 26.1. The van der Waals surface area contributed by atoms with Crippen LogP contribution in [-0.2, 0) is 4.79 Å². The second-order valence-corrected chi connectivity index (χ2v) is 6.24. The van der Waals surface area contributed by atoms with Crippen LogP contribution in [0.3, 0.4) is 0 Å². The average Bonchev–Trinajstić information content (AvgIpc) is 2.39. The van der Waals surface area contributed by atoms with Crippen molar-refractivity contribution < 1.29 is 4.79 Å². The number of hydrogen-bond donors (Lipinski definition) is 2. The summed E-state index contributed by atoms with van der Waals surface area (Å²) >= 11 is 0. The predicted molar refractivity (Wildman–Crippen MR) is 85.0 cm³/mol. The molecule has 2 N–H and O–H groups in total. The molecule has 20 heavy (non-hydrogen) atoms. The van der Waals surface area contributed by atoms with E-state index in [1.165, 1.54) is 19.3 Å². The van der Waals surface area contributed by atoms with Crippen LogP contribution in [0.25, 0.3) is 0 Å². The molecule has 0 saturated heterocycles. The maximum absolute atomic E-state index is 11.3. The number of benzene rings is 1. The largest absolute Gasteiger partial charge is 0.382 e. The van der Waals surface area contributed by atoms with Gasteiger partial charge in [-0.1, -0.05) is 20.8 Å². The Labute approximate surface area is 122 Å². The zero-order chi connectivity index (χ0) is 14.5. The van der Waals surface area contributed by atoms with E-state index >= 15 is 0 Å². The molecule has 1 aromatic carbocycles. The van der Waals surface area contributed by atoms with Gasteiger partial charge in [0, 0.05) is 23.8 Å². The Hall–Kier alpha value is -1.51. The van der Waals surface area contributed by atoms with E-state index in [0.29, 0.717) is 12.5 Å². The van der Waals surface area contributed by atoms with Crippen LogP contribution in [0.5, 0.6) is 0 Å². The van der Waals surface area contributed by atoms with Gasteiger partial charge >= 0.3 is 0 Å². The number of rotatable bonds is 4. The first-order valence-corrected chi connectivity index (χ1v) is 7.73. The molecule has 2 unspecified atom stereocenters. The fraction of sp³-hybridized carbons (Fsp3) is 0.588. The quantitative estimate of drug-likeness (QED) is 0.860. The molecule has 1 aliphatic rings. The van der Waals surface area contributed by atoms with Gasteiger partial charge in [0.15, 0.2) is 0 Å². The standard InChI is InChI=1S/C17H26N2O/c1-4-17(20)19-15-7-5-14(6-8-15)18-16-10-12(2)9-13(3)11-16/h5-8,12-13,16,18H,4,9-11H2,1-3H3,(H,19,20). The van der Waals surface area contributed by atoms with Crippen LogP contribution in [0.4, 0.5) is 11.4 Å². The van der Waals surface area contributed by atoms with E-state index in [4.69, 9.17) is 0 Å². The fourth-order valence-corrected chi connectivity index (χ4v) is 3.20. The van der Waals surface area contributed by atoms with E-state index in [1.54, 1.807) is 0 Å². The molecule has 2 rings (SSSR count). The summed E-state index contributed by atoms with van der Waals surface area (Å²) in [6.45, 7) is 6.54. The summed E-state index contributed by atoms with van der Waals surface area (Å²) in [5, 5.41) is 6.49. The van der Waals surface area contributed by atoms with Crippen molar-refractivity contribution in [3.05, 3.63) is 24.3 Å². The van der Waals surface area contributed by atoms with Gasteiger partial charge in [-0.2, -0.15) is 0 Å². The minimum Gasteiger partial charge on any atom is -0.382 e. The topological polar surface area (TPSA) is 41.1 Å². The smallest absolute Gasteiger partial charge is 0.224 e. The molecule has 3 nitrogen and oxygen atoms in total. The van der Waals surface area contributed by atoms with Crippen molar-refractivity contribution in [3.63, 3.8) is 0 Å². The number of hydrogen-bond acceptors (Lipinski definition) is 2. The molecule has 1 fully saturated rings. The molecule has 110 valence electrons. The molecule has 0 radical (unpaired) electrons. The molecule has 2 atom stereocenters. The molecule has 3 heteroatoms. The third kappa shape index (κ3) is 4.26. The molecule has 1 saturated carbocycles. The highest BCUT2D eigenvalue weighted by atomic mass is 16.1. The first-order valence-electron chi connectivity index (χ1n) is 7.73. The summed E-state index contributed by atoms with van der Waals surface area (Å²) in [7, 11) is 0. The highest BCUT2D eigenvalue weighted by Gasteiger charge is 2.23.